The second-order valence-electron chi connectivity index (χ2n) is 2.40. The normalized spacial score (nSPS) is 8.64. The van der Waals surface area contributed by atoms with Crippen LogP contribution in [0.2, 0.25) is 0 Å². The lowest BCUT2D eigenvalue weighted by Gasteiger charge is -2.03. The maximum Gasteiger partial charge on any atom is 0.342 e. The summed E-state index contributed by atoms with van der Waals surface area (Å²) in [5, 5.41) is 0. The maximum atomic E-state index is 10.8. The number of carbonyl (C=O) groups is 2. The van der Waals surface area contributed by atoms with Gasteiger partial charge in [-0.25, -0.2) is 9.59 Å². The third-order valence-electron chi connectivity index (χ3n) is 1.22. The van der Waals surface area contributed by atoms with Gasteiger partial charge in [-0.2, -0.15) is 0 Å². The lowest BCUT2D eigenvalue weighted by atomic mass is 10.3. The third-order valence-corrected chi connectivity index (χ3v) is 1.22. The second-order valence-corrected chi connectivity index (χ2v) is 2.40. The van der Waals surface area contributed by atoms with Crippen LogP contribution in [-0.2, 0) is 23.9 Å². The van der Waals surface area contributed by atoms with Crippen LogP contribution in [0.3, 0.4) is 0 Å². The average Bonchev–Trinajstić information content (AvgIpc) is 2.13. The van der Waals surface area contributed by atoms with Gasteiger partial charge in [0.2, 0.25) is 0 Å². The zero-order valence-electron chi connectivity index (χ0n) is 7.95. The summed E-state index contributed by atoms with van der Waals surface area (Å²) < 4.78 is 9.16. The molecule has 5 nitrogen and oxygen atoms in total. The average molecular weight is 200 g/mol. The van der Waals surface area contributed by atoms with Crippen molar-refractivity contribution in [2.75, 3.05) is 13.2 Å². The quantitative estimate of drug-likeness (QED) is 0.266. The van der Waals surface area contributed by atoms with Crippen molar-refractivity contribution in [2.45, 2.75) is 19.8 Å². The van der Waals surface area contributed by atoms with E-state index in [0.29, 0.717) is 18.9 Å². The zero-order chi connectivity index (χ0) is 10.8. The molecule has 0 aliphatic rings. The lowest BCUT2D eigenvalue weighted by molar-refractivity contribution is -0.149. The number of ether oxygens (including phenoxy) is 2. The second kappa shape index (κ2) is 8.01. The van der Waals surface area contributed by atoms with Crippen LogP contribution in [0.4, 0.5) is 0 Å². The summed E-state index contributed by atoms with van der Waals surface area (Å²) >= 11 is 0. The van der Waals surface area contributed by atoms with Gasteiger partial charge in [-0.3, -0.25) is 4.79 Å². The first-order chi connectivity index (χ1) is 6.70. The molecule has 0 unspecified atom stereocenters. The van der Waals surface area contributed by atoms with Crippen molar-refractivity contribution in [1.29, 1.82) is 0 Å². The molecule has 0 saturated heterocycles. The van der Waals surface area contributed by atoms with E-state index in [4.69, 9.17) is 0 Å². The molecule has 0 aromatic rings. The topological polar surface area (TPSA) is 69.7 Å². The van der Waals surface area contributed by atoms with Gasteiger partial charge in [-0.1, -0.05) is 6.92 Å². The van der Waals surface area contributed by atoms with Crippen molar-refractivity contribution in [3.05, 3.63) is 6.08 Å². The van der Waals surface area contributed by atoms with Crippen molar-refractivity contribution < 1.29 is 23.9 Å². The molecule has 5 heteroatoms. The van der Waals surface area contributed by atoms with Crippen LogP contribution in [0, 0.1) is 0 Å². The molecule has 14 heavy (non-hydrogen) atoms. The van der Waals surface area contributed by atoms with Gasteiger partial charge in [-0.05, 0) is 6.42 Å². The molecule has 0 heterocycles. The molecule has 0 bridgehead atoms. The molecule has 0 rings (SSSR count). The van der Waals surface area contributed by atoms with Gasteiger partial charge in [-0.15, -0.1) is 0 Å². The van der Waals surface area contributed by atoms with Crippen molar-refractivity contribution in [2.24, 2.45) is 0 Å². The highest BCUT2D eigenvalue weighted by Crippen LogP contribution is 1.91. The van der Waals surface area contributed by atoms with Crippen molar-refractivity contribution in [3.63, 3.8) is 0 Å². The molecule has 0 saturated carbocycles. The van der Waals surface area contributed by atoms with E-state index >= 15 is 0 Å². The predicted molar refractivity (Wildman–Crippen MR) is 47.1 cm³/mol. The first kappa shape index (κ1) is 12.4. The molecule has 0 radical (unpaired) electrons. The molecule has 0 N–H and O–H groups in total. The highest BCUT2D eigenvalue weighted by Gasteiger charge is 2.01. The summed E-state index contributed by atoms with van der Waals surface area (Å²) in [6.07, 6.45) is 1.70. The van der Waals surface area contributed by atoms with Gasteiger partial charge >= 0.3 is 11.9 Å². The summed E-state index contributed by atoms with van der Waals surface area (Å²) in [6, 6.07) is 0. The number of hydrogen-bond donors (Lipinski definition) is 0. The Labute approximate surface area is 81.7 Å². The predicted octanol–water partition coefficient (Wildman–Crippen LogP) is 0.261. The fourth-order valence-corrected chi connectivity index (χ4v) is 0.664. The molecule has 0 spiro atoms. The number of esters is 2. The van der Waals surface area contributed by atoms with E-state index in [2.05, 4.69) is 9.47 Å². The zero-order valence-corrected chi connectivity index (χ0v) is 7.95. The van der Waals surface area contributed by atoms with Gasteiger partial charge < -0.3 is 9.47 Å². The van der Waals surface area contributed by atoms with E-state index in [1.54, 1.807) is 0 Å². The Morgan fingerprint density at radius 3 is 2.50 bits per heavy atom. The fourth-order valence-electron chi connectivity index (χ4n) is 0.664. The van der Waals surface area contributed by atoms with Crippen molar-refractivity contribution in [1.82, 2.24) is 0 Å². The lowest BCUT2D eigenvalue weighted by Crippen LogP contribution is -2.12. The summed E-state index contributed by atoms with van der Waals surface area (Å²) in [6.45, 7) is 1.82. The minimum atomic E-state index is -0.786. The Morgan fingerprint density at radius 2 is 1.93 bits per heavy atom. The molecule has 0 aromatic heterocycles. The Hall–Kier alpha value is -1.61. The maximum absolute atomic E-state index is 10.8. The van der Waals surface area contributed by atoms with Crippen LogP contribution in [-0.4, -0.2) is 31.1 Å². The van der Waals surface area contributed by atoms with Crippen LogP contribution in [0.15, 0.2) is 6.08 Å². The van der Waals surface area contributed by atoms with E-state index in [1.165, 1.54) is 5.94 Å². The highest BCUT2D eigenvalue weighted by atomic mass is 16.6. The van der Waals surface area contributed by atoms with E-state index in [0.717, 1.165) is 0 Å². The first-order valence-electron chi connectivity index (χ1n) is 4.24. The smallest absolute Gasteiger partial charge is 0.342 e. The van der Waals surface area contributed by atoms with Gasteiger partial charge in [0.25, 0.3) is 0 Å². The van der Waals surface area contributed by atoms with Gasteiger partial charge in [0.15, 0.2) is 0 Å². The minimum absolute atomic E-state index is 0.0112. The number of rotatable bonds is 6. The number of hydrogen-bond acceptors (Lipinski definition) is 5. The van der Waals surface area contributed by atoms with Crippen LogP contribution >= 0.6 is 0 Å². The van der Waals surface area contributed by atoms with Gasteiger partial charge in [0.05, 0.1) is 0 Å². The fraction of sp³-hybridized carbons (Fsp3) is 0.556. The Morgan fingerprint density at radius 1 is 1.29 bits per heavy atom. The largest absolute Gasteiger partial charge is 0.462 e. The summed E-state index contributed by atoms with van der Waals surface area (Å²) in [4.78, 5) is 31.0. The molecule has 78 valence electrons. The van der Waals surface area contributed by atoms with E-state index in [1.807, 2.05) is 6.92 Å². The van der Waals surface area contributed by atoms with Crippen LogP contribution in [0.1, 0.15) is 19.8 Å². The molecular formula is C9H12O5. The monoisotopic (exact) mass is 200 g/mol. The van der Waals surface area contributed by atoms with Crippen LogP contribution in [0.25, 0.3) is 0 Å². The minimum Gasteiger partial charge on any atom is -0.462 e. The Balaban J connectivity index is 3.42. The van der Waals surface area contributed by atoms with Gasteiger partial charge in [0, 0.05) is 6.42 Å². The van der Waals surface area contributed by atoms with Crippen molar-refractivity contribution >= 4 is 17.9 Å². The molecule has 0 aliphatic carbocycles. The van der Waals surface area contributed by atoms with Crippen LogP contribution in [0.5, 0.6) is 0 Å². The third kappa shape index (κ3) is 7.06. The Kier molecular flexibility index (Phi) is 7.09. The summed E-state index contributed by atoms with van der Waals surface area (Å²) in [5.74, 6) is 0.170. The van der Waals surface area contributed by atoms with Gasteiger partial charge in [0.1, 0.15) is 25.2 Å². The van der Waals surface area contributed by atoms with E-state index in [9.17, 15) is 14.4 Å². The molecule has 0 atom stereocenters. The standard InChI is InChI=1S/C9H12O5/c1-2-3-8(11)13-6-7-14-9(12)4-5-10/h4H,2-3,6-7H2,1H3. The molecule has 0 aromatic carbocycles. The highest BCUT2D eigenvalue weighted by molar-refractivity contribution is 5.89. The Bertz CT molecular complexity index is 240. The first-order valence-corrected chi connectivity index (χ1v) is 4.24. The number of carbonyl (C=O) groups excluding carboxylic acids is 3. The molecule has 0 fully saturated rings. The molecular weight excluding hydrogens is 188 g/mol. The molecule has 0 amide bonds. The summed E-state index contributed by atoms with van der Waals surface area (Å²) in [7, 11) is 0. The van der Waals surface area contributed by atoms with E-state index in [-0.39, 0.29) is 19.2 Å². The van der Waals surface area contributed by atoms with E-state index < -0.39 is 5.97 Å². The summed E-state index contributed by atoms with van der Waals surface area (Å²) in [5.41, 5.74) is 0. The van der Waals surface area contributed by atoms with Crippen LogP contribution < -0.4 is 0 Å². The van der Waals surface area contributed by atoms with Crippen molar-refractivity contribution in [3.8, 4) is 0 Å². The molecule has 0 aliphatic heterocycles. The SMILES string of the molecule is CCCC(=O)OCCOC(=O)C=C=O.